The Hall–Kier alpha value is -3.96. The van der Waals surface area contributed by atoms with Crippen LogP contribution >= 0.6 is 0 Å². The van der Waals surface area contributed by atoms with Crippen LogP contribution < -0.4 is 11.2 Å². The van der Waals surface area contributed by atoms with E-state index >= 15 is 0 Å². The molecule has 0 radical (unpaired) electrons. The summed E-state index contributed by atoms with van der Waals surface area (Å²) in [6, 6.07) is 5.00. The first-order chi connectivity index (χ1) is 19.1. The summed E-state index contributed by atoms with van der Waals surface area (Å²) in [5.41, 5.74) is -0.782. The van der Waals surface area contributed by atoms with Crippen LogP contribution in [0.25, 0.3) is 22.6 Å². The lowest BCUT2D eigenvalue weighted by atomic mass is 9.88. The second-order valence-electron chi connectivity index (χ2n) is 10.2. The highest BCUT2D eigenvalue weighted by Crippen LogP contribution is 2.31. The topological polar surface area (TPSA) is 96.7 Å². The summed E-state index contributed by atoms with van der Waals surface area (Å²) in [6.07, 6.45) is 3.41. The van der Waals surface area contributed by atoms with Gasteiger partial charge in [-0.25, -0.2) is 9.78 Å². The Bertz CT molecular complexity index is 1670. The molecule has 212 valence electrons. The van der Waals surface area contributed by atoms with E-state index in [0.29, 0.717) is 30.4 Å². The second-order valence-corrected chi connectivity index (χ2v) is 10.2. The van der Waals surface area contributed by atoms with Crippen LogP contribution in [0, 0.1) is 5.92 Å². The van der Waals surface area contributed by atoms with Gasteiger partial charge in [0.1, 0.15) is 0 Å². The van der Waals surface area contributed by atoms with E-state index in [2.05, 4.69) is 10.1 Å². The Morgan fingerprint density at radius 1 is 1.07 bits per heavy atom. The smallest absolute Gasteiger partial charge is 0.276 e. The Kier molecular flexibility index (Phi) is 7.52. The third-order valence-electron chi connectivity index (χ3n) is 7.45. The van der Waals surface area contributed by atoms with Crippen molar-refractivity contribution in [3.63, 3.8) is 0 Å². The summed E-state index contributed by atoms with van der Waals surface area (Å²) in [5.74, 6) is -0.343. The summed E-state index contributed by atoms with van der Waals surface area (Å²) < 4.78 is 44.9. The summed E-state index contributed by atoms with van der Waals surface area (Å²) in [6.45, 7) is 4.16. The number of aryl methyl sites for hydroxylation is 1. The lowest BCUT2D eigenvalue weighted by molar-refractivity contribution is -0.137. The molecule has 3 heterocycles. The Balaban J connectivity index is 1.65. The minimum absolute atomic E-state index is 0.0592. The minimum Gasteiger partial charge on any atom is -0.276 e. The van der Waals surface area contributed by atoms with Gasteiger partial charge in [-0.15, -0.1) is 0 Å². The fourth-order valence-corrected chi connectivity index (χ4v) is 5.48. The molecule has 1 saturated carbocycles. The fraction of sp³-hybridized carbons (Fsp3) is 0.464. The number of fused-ring (bicyclic) bond motifs is 1. The molecular weight excluding hydrogens is 525 g/mol. The number of rotatable bonds is 7. The Morgan fingerprint density at radius 3 is 2.50 bits per heavy atom. The average molecular weight is 557 g/mol. The highest BCUT2D eigenvalue weighted by Gasteiger charge is 2.32. The van der Waals surface area contributed by atoms with Crippen molar-refractivity contribution in [3.05, 3.63) is 68.6 Å². The average Bonchev–Trinajstić information content (AvgIpc) is 3.56. The molecule has 3 aromatic heterocycles. The maximum Gasteiger partial charge on any atom is 0.416 e. The quantitative estimate of drug-likeness (QED) is 0.321. The van der Waals surface area contributed by atoms with Gasteiger partial charge in [-0.1, -0.05) is 38.3 Å². The molecule has 1 aromatic carbocycles. The van der Waals surface area contributed by atoms with Gasteiger partial charge in [0.2, 0.25) is 5.91 Å². The number of carbonyl (C=O) groups is 1. The van der Waals surface area contributed by atoms with Gasteiger partial charge in [0.05, 0.1) is 23.9 Å². The maximum atomic E-state index is 14.0. The second kappa shape index (κ2) is 10.9. The molecule has 9 nitrogen and oxygen atoms in total. The van der Waals surface area contributed by atoms with Crippen LogP contribution in [0.4, 0.5) is 13.2 Å². The molecule has 40 heavy (non-hydrogen) atoms. The lowest BCUT2D eigenvalue weighted by Crippen LogP contribution is -2.41. The van der Waals surface area contributed by atoms with Crippen LogP contribution in [-0.2, 0) is 25.8 Å². The zero-order chi connectivity index (χ0) is 28.6. The van der Waals surface area contributed by atoms with E-state index in [-0.39, 0.29) is 48.4 Å². The monoisotopic (exact) mass is 556 g/mol. The number of nitrogens with zero attached hydrogens (tertiary/aromatic N) is 6. The van der Waals surface area contributed by atoms with E-state index in [4.69, 9.17) is 0 Å². The molecule has 1 aliphatic carbocycles. The Morgan fingerprint density at radius 2 is 1.82 bits per heavy atom. The third kappa shape index (κ3) is 5.02. The number of imidazole rings is 1. The molecule has 0 bridgehead atoms. The number of carbonyl (C=O) groups excluding carboxylic acids is 1. The van der Waals surface area contributed by atoms with Gasteiger partial charge in [0, 0.05) is 25.2 Å². The highest BCUT2D eigenvalue weighted by molar-refractivity contribution is 5.94. The van der Waals surface area contributed by atoms with Gasteiger partial charge in [-0.2, -0.15) is 18.3 Å². The van der Waals surface area contributed by atoms with Crippen LogP contribution in [0.1, 0.15) is 68.3 Å². The maximum absolute atomic E-state index is 14.0. The van der Waals surface area contributed by atoms with Crippen molar-refractivity contribution in [2.45, 2.75) is 78.2 Å². The van der Waals surface area contributed by atoms with Gasteiger partial charge in [0.25, 0.3) is 5.56 Å². The third-order valence-corrected chi connectivity index (χ3v) is 7.45. The Labute approximate surface area is 227 Å². The van der Waals surface area contributed by atoms with Gasteiger partial charge in [0.15, 0.2) is 17.0 Å². The van der Waals surface area contributed by atoms with Crippen LogP contribution in [0.5, 0.6) is 0 Å². The van der Waals surface area contributed by atoms with Crippen LogP contribution in [0.2, 0.25) is 0 Å². The summed E-state index contributed by atoms with van der Waals surface area (Å²) in [4.78, 5) is 45.4. The first kappa shape index (κ1) is 27.6. The van der Waals surface area contributed by atoms with Crippen molar-refractivity contribution in [2.24, 2.45) is 5.92 Å². The lowest BCUT2D eigenvalue weighted by Gasteiger charge is -2.21. The minimum atomic E-state index is -4.46. The summed E-state index contributed by atoms with van der Waals surface area (Å²) in [5, 5.41) is 4.31. The molecule has 1 fully saturated rings. The standard InChI is InChI=1S/C28H31F3N6O3/c1-3-13-36-26(39)22-24(35(4-2)27(36)40)33-23(37(22)25(38)19-10-6-5-7-11-19)20-15-32-34(17-20)16-18-9-8-12-21(14-18)28(29,30)31/h8-9,12,14-15,17,19H,3-7,10-11,13,16H2,1-2H3. The van der Waals surface area contributed by atoms with Crippen LogP contribution in [-0.4, -0.2) is 34.4 Å². The zero-order valence-electron chi connectivity index (χ0n) is 22.4. The zero-order valence-corrected chi connectivity index (χ0v) is 22.4. The molecule has 12 heteroatoms. The molecule has 0 spiro atoms. The molecule has 5 rings (SSSR count). The first-order valence-electron chi connectivity index (χ1n) is 13.6. The van der Waals surface area contributed by atoms with Gasteiger partial charge in [-0.3, -0.25) is 28.0 Å². The van der Waals surface area contributed by atoms with E-state index in [1.54, 1.807) is 19.2 Å². The largest absolute Gasteiger partial charge is 0.416 e. The molecule has 4 aromatic rings. The number of alkyl halides is 3. The number of hydrogen-bond acceptors (Lipinski definition) is 5. The molecule has 0 saturated heterocycles. The van der Waals surface area contributed by atoms with Crippen LogP contribution in [0.3, 0.4) is 0 Å². The SMILES string of the molecule is CCCn1c(=O)c2c(nc(-c3cnn(Cc4cccc(C(F)(F)F)c4)c3)n2C(=O)C2CCCCC2)n(CC)c1=O. The van der Waals surface area contributed by atoms with Crippen molar-refractivity contribution in [2.75, 3.05) is 0 Å². The summed E-state index contributed by atoms with van der Waals surface area (Å²) in [7, 11) is 0. The first-order valence-corrected chi connectivity index (χ1v) is 13.6. The van der Waals surface area contributed by atoms with E-state index in [1.165, 1.54) is 26.1 Å². The van der Waals surface area contributed by atoms with E-state index < -0.39 is 23.0 Å². The molecule has 0 atom stereocenters. The molecule has 0 unspecified atom stereocenters. The number of hydrogen-bond donors (Lipinski definition) is 0. The van der Waals surface area contributed by atoms with E-state index in [0.717, 1.165) is 36.0 Å². The predicted molar refractivity (Wildman–Crippen MR) is 143 cm³/mol. The highest BCUT2D eigenvalue weighted by atomic mass is 19.4. The van der Waals surface area contributed by atoms with E-state index in [9.17, 15) is 27.6 Å². The van der Waals surface area contributed by atoms with Gasteiger partial charge >= 0.3 is 11.9 Å². The van der Waals surface area contributed by atoms with Crippen molar-refractivity contribution in [1.82, 2.24) is 28.5 Å². The van der Waals surface area contributed by atoms with E-state index in [1.807, 2.05) is 6.92 Å². The number of benzene rings is 1. The predicted octanol–water partition coefficient (Wildman–Crippen LogP) is 4.94. The molecule has 0 N–H and O–H groups in total. The molecule has 0 amide bonds. The van der Waals surface area contributed by atoms with Gasteiger partial charge < -0.3 is 0 Å². The molecule has 0 aliphatic heterocycles. The summed E-state index contributed by atoms with van der Waals surface area (Å²) >= 11 is 0. The molecule has 1 aliphatic rings. The normalized spacial score (nSPS) is 14.7. The number of halogens is 3. The van der Waals surface area contributed by atoms with Gasteiger partial charge in [-0.05, 0) is 43.9 Å². The van der Waals surface area contributed by atoms with Crippen molar-refractivity contribution in [1.29, 1.82) is 0 Å². The van der Waals surface area contributed by atoms with Crippen molar-refractivity contribution in [3.8, 4) is 11.4 Å². The fourth-order valence-electron chi connectivity index (χ4n) is 5.48. The van der Waals surface area contributed by atoms with Crippen LogP contribution in [0.15, 0.2) is 46.2 Å². The number of aromatic nitrogens is 6. The van der Waals surface area contributed by atoms with Crippen molar-refractivity contribution >= 4 is 17.1 Å². The van der Waals surface area contributed by atoms with Crippen molar-refractivity contribution < 1.29 is 18.0 Å². The molecular formula is C28H31F3N6O3.